The van der Waals surface area contributed by atoms with Crippen LogP contribution in [-0.2, 0) is 0 Å². The molecule has 0 atom stereocenters. The standard InChI is InChI=1S/C18H21N5O2/c1-13(24)14-3-5-15(6-4-14)21-17-11-16(19-12-20-17)18(25)23-9-7-22(2)8-10-23/h3-6,11-12H,7-10H2,1-2H3,(H,19,20,21). The number of rotatable bonds is 4. The van der Waals surface area contributed by atoms with Gasteiger partial charge in [-0.25, -0.2) is 9.97 Å². The minimum Gasteiger partial charge on any atom is -0.340 e. The Morgan fingerprint density at radius 1 is 1.04 bits per heavy atom. The van der Waals surface area contributed by atoms with Crippen LogP contribution in [0.5, 0.6) is 0 Å². The Morgan fingerprint density at radius 3 is 2.36 bits per heavy atom. The lowest BCUT2D eigenvalue weighted by Crippen LogP contribution is -2.47. The first-order valence-electron chi connectivity index (χ1n) is 8.21. The van der Waals surface area contributed by atoms with Gasteiger partial charge in [0, 0.05) is 43.5 Å². The topological polar surface area (TPSA) is 78.4 Å². The van der Waals surface area contributed by atoms with Crippen molar-refractivity contribution in [3.05, 3.63) is 47.9 Å². The zero-order valence-corrected chi connectivity index (χ0v) is 14.4. The molecule has 1 fully saturated rings. The number of nitrogens with one attached hydrogen (secondary N) is 1. The first-order valence-corrected chi connectivity index (χ1v) is 8.21. The molecule has 25 heavy (non-hydrogen) atoms. The molecule has 3 rings (SSSR count). The molecule has 0 unspecified atom stereocenters. The van der Waals surface area contributed by atoms with E-state index in [4.69, 9.17) is 0 Å². The number of hydrogen-bond donors (Lipinski definition) is 1. The molecular formula is C18H21N5O2. The molecule has 1 N–H and O–H groups in total. The van der Waals surface area contributed by atoms with Crippen LogP contribution in [0.25, 0.3) is 0 Å². The van der Waals surface area contributed by atoms with E-state index >= 15 is 0 Å². The summed E-state index contributed by atoms with van der Waals surface area (Å²) >= 11 is 0. The van der Waals surface area contributed by atoms with Crippen LogP contribution in [0.3, 0.4) is 0 Å². The summed E-state index contributed by atoms with van der Waals surface area (Å²) in [5.74, 6) is 0.488. The number of amides is 1. The molecule has 7 nitrogen and oxygen atoms in total. The van der Waals surface area contributed by atoms with Gasteiger partial charge in [0.25, 0.3) is 5.91 Å². The van der Waals surface area contributed by atoms with Crippen molar-refractivity contribution in [3.63, 3.8) is 0 Å². The third-order valence-corrected chi connectivity index (χ3v) is 4.24. The van der Waals surface area contributed by atoms with Gasteiger partial charge < -0.3 is 15.1 Å². The summed E-state index contributed by atoms with van der Waals surface area (Å²) < 4.78 is 0. The van der Waals surface area contributed by atoms with E-state index in [-0.39, 0.29) is 11.7 Å². The van der Waals surface area contributed by atoms with Crippen LogP contribution in [-0.4, -0.2) is 64.7 Å². The molecule has 1 aromatic heterocycles. The van der Waals surface area contributed by atoms with Gasteiger partial charge in [-0.2, -0.15) is 0 Å². The van der Waals surface area contributed by atoms with E-state index in [2.05, 4.69) is 20.2 Å². The van der Waals surface area contributed by atoms with Crippen LogP contribution >= 0.6 is 0 Å². The van der Waals surface area contributed by atoms with Gasteiger partial charge in [0.2, 0.25) is 0 Å². The van der Waals surface area contributed by atoms with Crippen molar-refractivity contribution in [1.29, 1.82) is 0 Å². The summed E-state index contributed by atoms with van der Waals surface area (Å²) in [6, 6.07) is 8.77. The minimum atomic E-state index is -0.0783. The molecule has 1 amide bonds. The van der Waals surface area contributed by atoms with Gasteiger partial charge in [0.1, 0.15) is 17.8 Å². The van der Waals surface area contributed by atoms with Gasteiger partial charge in [-0.15, -0.1) is 0 Å². The fourth-order valence-corrected chi connectivity index (χ4v) is 2.65. The molecule has 0 radical (unpaired) electrons. The fourth-order valence-electron chi connectivity index (χ4n) is 2.65. The molecule has 0 saturated carbocycles. The third kappa shape index (κ3) is 4.19. The predicted octanol–water partition coefficient (Wildman–Crippen LogP) is 1.81. The number of anilines is 2. The Hall–Kier alpha value is -2.80. The lowest BCUT2D eigenvalue weighted by Gasteiger charge is -2.32. The molecule has 1 aromatic carbocycles. The van der Waals surface area contributed by atoms with Crippen molar-refractivity contribution in [2.24, 2.45) is 0 Å². The molecule has 7 heteroatoms. The van der Waals surface area contributed by atoms with Crippen LogP contribution in [0.2, 0.25) is 0 Å². The van der Waals surface area contributed by atoms with Gasteiger partial charge in [-0.3, -0.25) is 9.59 Å². The highest BCUT2D eigenvalue weighted by atomic mass is 16.2. The Kier molecular flexibility index (Phi) is 5.04. The highest BCUT2D eigenvalue weighted by Crippen LogP contribution is 2.16. The number of hydrogen-bond acceptors (Lipinski definition) is 6. The maximum atomic E-state index is 12.6. The highest BCUT2D eigenvalue weighted by Gasteiger charge is 2.21. The average molecular weight is 339 g/mol. The van der Waals surface area contributed by atoms with Gasteiger partial charge >= 0.3 is 0 Å². The van der Waals surface area contributed by atoms with Crippen molar-refractivity contribution in [2.75, 3.05) is 38.5 Å². The first-order chi connectivity index (χ1) is 12.0. The van der Waals surface area contributed by atoms with Crippen LogP contribution in [0.15, 0.2) is 36.7 Å². The highest BCUT2D eigenvalue weighted by molar-refractivity contribution is 5.94. The van der Waals surface area contributed by atoms with Crippen LogP contribution < -0.4 is 5.32 Å². The maximum absolute atomic E-state index is 12.6. The monoisotopic (exact) mass is 339 g/mol. The van der Waals surface area contributed by atoms with E-state index < -0.39 is 0 Å². The number of benzene rings is 1. The zero-order chi connectivity index (χ0) is 17.8. The van der Waals surface area contributed by atoms with Crippen molar-refractivity contribution in [3.8, 4) is 0 Å². The Morgan fingerprint density at radius 2 is 1.72 bits per heavy atom. The quantitative estimate of drug-likeness (QED) is 0.856. The third-order valence-electron chi connectivity index (χ3n) is 4.24. The second-order valence-corrected chi connectivity index (χ2v) is 6.14. The molecule has 2 heterocycles. The van der Waals surface area contributed by atoms with E-state index in [1.165, 1.54) is 13.3 Å². The van der Waals surface area contributed by atoms with E-state index in [0.717, 1.165) is 18.8 Å². The summed E-state index contributed by atoms with van der Waals surface area (Å²) in [5, 5.41) is 3.13. The van der Waals surface area contributed by atoms with Crippen molar-refractivity contribution < 1.29 is 9.59 Å². The smallest absolute Gasteiger partial charge is 0.272 e. The molecule has 0 aliphatic carbocycles. The van der Waals surface area contributed by atoms with Gasteiger partial charge in [-0.1, -0.05) is 0 Å². The molecule has 0 spiro atoms. The number of nitrogens with zero attached hydrogens (tertiary/aromatic N) is 4. The van der Waals surface area contributed by atoms with Crippen LogP contribution in [0.1, 0.15) is 27.8 Å². The van der Waals surface area contributed by atoms with Crippen molar-refractivity contribution in [2.45, 2.75) is 6.92 Å². The lowest BCUT2D eigenvalue weighted by atomic mass is 10.1. The van der Waals surface area contributed by atoms with E-state index in [1.54, 1.807) is 30.3 Å². The fraction of sp³-hybridized carbons (Fsp3) is 0.333. The van der Waals surface area contributed by atoms with E-state index in [1.807, 2.05) is 11.9 Å². The van der Waals surface area contributed by atoms with Gasteiger partial charge in [-0.05, 0) is 38.2 Å². The summed E-state index contributed by atoms with van der Waals surface area (Å²) in [7, 11) is 2.05. The molecule has 1 saturated heterocycles. The summed E-state index contributed by atoms with van der Waals surface area (Å²) in [4.78, 5) is 36.2. The maximum Gasteiger partial charge on any atom is 0.272 e. The van der Waals surface area contributed by atoms with Crippen molar-refractivity contribution in [1.82, 2.24) is 19.8 Å². The molecule has 0 bridgehead atoms. The number of carbonyl (C=O) groups excluding carboxylic acids is 2. The molecule has 2 aromatic rings. The number of likely N-dealkylation sites (N-methyl/N-ethyl adjacent to an activating group) is 1. The van der Waals surface area contributed by atoms with E-state index in [9.17, 15) is 9.59 Å². The predicted molar refractivity (Wildman–Crippen MR) is 95.2 cm³/mol. The normalized spacial score (nSPS) is 15.0. The number of ketones is 1. The van der Waals surface area contributed by atoms with Gasteiger partial charge in [0.05, 0.1) is 0 Å². The summed E-state index contributed by atoms with van der Waals surface area (Å²) in [6.07, 6.45) is 1.38. The summed E-state index contributed by atoms with van der Waals surface area (Å²) in [5.41, 5.74) is 1.82. The average Bonchev–Trinajstić information content (AvgIpc) is 2.62. The van der Waals surface area contributed by atoms with Crippen molar-refractivity contribution >= 4 is 23.2 Å². The number of Topliss-reactive ketones (excluding diaryl/α,β-unsaturated/α-hetero) is 1. The Bertz CT molecular complexity index is 767. The molecule has 1 aliphatic rings. The zero-order valence-electron chi connectivity index (χ0n) is 14.4. The summed E-state index contributed by atoms with van der Waals surface area (Å²) in [6.45, 7) is 4.67. The Balaban J connectivity index is 1.70. The van der Waals surface area contributed by atoms with Crippen LogP contribution in [0.4, 0.5) is 11.5 Å². The number of piperazine rings is 1. The molecule has 130 valence electrons. The molecule has 1 aliphatic heterocycles. The van der Waals surface area contributed by atoms with Gasteiger partial charge in [0.15, 0.2) is 5.78 Å². The second kappa shape index (κ2) is 7.40. The SMILES string of the molecule is CC(=O)c1ccc(Nc2cc(C(=O)N3CCN(C)CC3)ncn2)cc1. The number of carbonyl (C=O) groups is 2. The first kappa shape index (κ1) is 17.0. The number of aromatic nitrogens is 2. The minimum absolute atomic E-state index is 0.0219. The molecular weight excluding hydrogens is 318 g/mol. The Labute approximate surface area is 146 Å². The second-order valence-electron chi connectivity index (χ2n) is 6.14. The lowest BCUT2D eigenvalue weighted by molar-refractivity contribution is 0.0658. The largest absolute Gasteiger partial charge is 0.340 e. The van der Waals surface area contributed by atoms with Crippen LogP contribution in [0, 0.1) is 0 Å². The van der Waals surface area contributed by atoms with E-state index in [0.29, 0.717) is 30.2 Å².